The van der Waals surface area contributed by atoms with Crippen molar-refractivity contribution < 1.29 is 0 Å². The standard InChI is InChI=1S/12C2H6.12CH4/c12*1-2;;;;;;;;;;;;/h12*1-2H3;12*1H4. The summed E-state index contributed by atoms with van der Waals surface area (Å²) in [6.07, 6.45) is 0. The first-order valence-electron chi connectivity index (χ1n) is 12.0. The zero-order valence-corrected chi connectivity index (χ0v) is 24.0. The molecule has 0 aliphatic rings. The SMILES string of the molecule is C.C.C.C.C.C.C.C.C.C.C.C.CC.CC.CC.CC.CC.CC.CC.CC.CC.CC.CC.CC. The van der Waals surface area contributed by atoms with E-state index in [9.17, 15) is 0 Å². The molecule has 36 heavy (non-hydrogen) atoms. The van der Waals surface area contributed by atoms with Crippen LogP contribution in [0, 0.1) is 0 Å². The minimum atomic E-state index is 0. The van der Waals surface area contributed by atoms with E-state index in [1.54, 1.807) is 0 Å². The number of hydrogen-bond acceptors (Lipinski definition) is 0. The molecule has 0 radical (unpaired) electrons. The molecule has 0 heteroatoms. The maximum atomic E-state index is 2.00. The van der Waals surface area contributed by atoms with Gasteiger partial charge in [-0.1, -0.05) is 255 Å². The maximum Gasteiger partial charge on any atom is -0.0683 e. The smallest absolute Gasteiger partial charge is 0.0683 e. The van der Waals surface area contributed by atoms with Crippen molar-refractivity contribution in [3.05, 3.63) is 0 Å². The van der Waals surface area contributed by atoms with Crippen LogP contribution >= 0.6 is 0 Å². The molecule has 0 fully saturated rings. The summed E-state index contributed by atoms with van der Waals surface area (Å²) in [5.41, 5.74) is 0. The Morgan fingerprint density at radius 3 is 0.0833 bits per heavy atom. The zero-order valence-electron chi connectivity index (χ0n) is 24.0. The Labute approximate surface area is 255 Å². The fourth-order valence-corrected chi connectivity index (χ4v) is 0. The fraction of sp³-hybridized carbons (Fsp3) is 1.00. The average molecular weight is 553 g/mol. The van der Waals surface area contributed by atoms with E-state index in [1.807, 2.05) is 166 Å². The highest BCUT2D eigenvalue weighted by Crippen LogP contribution is 1.17. The predicted molar refractivity (Wildman–Crippen MR) is 217 cm³/mol. The van der Waals surface area contributed by atoms with E-state index in [0.29, 0.717) is 0 Å². The van der Waals surface area contributed by atoms with Crippen LogP contribution < -0.4 is 0 Å². The van der Waals surface area contributed by atoms with Crippen molar-refractivity contribution in [2.75, 3.05) is 0 Å². The van der Waals surface area contributed by atoms with Crippen molar-refractivity contribution in [1.29, 1.82) is 0 Å². The van der Waals surface area contributed by atoms with Gasteiger partial charge < -0.3 is 0 Å². The van der Waals surface area contributed by atoms with Crippen molar-refractivity contribution in [3.63, 3.8) is 0 Å². The molecule has 264 valence electrons. The van der Waals surface area contributed by atoms with Gasteiger partial charge in [0.2, 0.25) is 0 Å². The third kappa shape index (κ3) is 0. The molecule has 0 aromatic heterocycles. The quantitative estimate of drug-likeness (QED) is 0.280. The molecule has 0 heterocycles. The normalized spacial score (nSPS) is 2.00. The lowest BCUT2D eigenvalue weighted by molar-refractivity contribution is 1.50. The second-order valence-corrected chi connectivity index (χ2v) is 0. The molecule has 0 atom stereocenters. The average Bonchev–Trinajstić information content (AvgIpc) is 2.84. The van der Waals surface area contributed by atoms with Crippen LogP contribution in [0.25, 0.3) is 0 Å². The fourth-order valence-electron chi connectivity index (χ4n) is 0. The summed E-state index contributed by atoms with van der Waals surface area (Å²) >= 11 is 0. The molecule has 0 saturated carbocycles. The van der Waals surface area contributed by atoms with Gasteiger partial charge in [-0.15, -0.1) is 0 Å². The van der Waals surface area contributed by atoms with Crippen LogP contribution in [0.3, 0.4) is 0 Å². The van der Waals surface area contributed by atoms with Crippen LogP contribution in [0.5, 0.6) is 0 Å². The van der Waals surface area contributed by atoms with Gasteiger partial charge in [0.25, 0.3) is 0 Å². The molecule has 0 spiro atoms. The van der Waals surface area contributed by atoms with Crippen LogP contribution in [0.4, 0.5) is 0 Å². The van der Waals surface area contributed by atoms with Crippen LogP contribution in [-0.4, -0.2) is 0 Å². The highest BCUT2D eigenvalue weighted by atomic mass is 13.0. The first-order valence-corrected chi connectivity index (χ1v) is 12.0. The lowest BCUT2D eigenvalue weighted by atomic mass is 11.0. The summed E-state index contributed by atoms with van der Waals surface area (Å²) < 4.78 is 0. The van der Waals surface area contributed by atoms with Crippen LogP contribution in [0.1, 0.15) is 255 Å². The van der Waals surface area contributed by atoms with Crippen molar-refractivity contribution in [2.45, 2.75) is 255 Å². The first kappa shape index (κ1) is 306. The molecule has 0 N–H and O–H groups in total. The molecular weight excluding hydrogens is 432 g/mol. The van der Waals surface area contributed by atoms with Crippen LogP contribution in [0.2, 0.25) is 0 Å². The van der Waals surface area contributed by atoms with E-state index in [0.717, 1.165) is 0 Å². The first-order chi connectivity index (χ1) is 12.0. The van der Waals surface area contributed by atoms with E-state index in [2.05, 4.69) is 0 Å². The van der Waals surface area contributed by atoms with Gasteiger partial charge >= 0.3 is 0 Å². The van der Waals surface area contributed by atoms with Crippen molar-refractivity contribution in [2.24, 2.45) is 0 Å². The molecule has 0 rings (SSSR count). The Bertz CT molecular complexity index is 0. The Balaban J connectivity index is -0.00000000193. The van der Waals surface area contributed by atoms with Gasteiger partial charge in [-0.3, -0.25) is 0 Å². The molecule has 0 bridgehead atoms. The molecular formula is C36H120. The number of rotatable bonds is 0. The van der Waals surface area contributed by atoms with E-state index in [1.165, 1.54) is 0 Å². The predicted octanol–water partition coefficient (Wildman–Crippen LogP) is 19.9. The van der Waals surface area contributed by atoms with E-state index in [-0.39, 0.29) is 89.1 Å². The van der Waals surface area contributed by atoms with Gasteiger partial charge in [0, 0.05) is 0 Å². The highest BCUT2D eigenvalue weighted by molar-refractivity contribution is 3.53. The largest absolute Gasteiger partial charge is 0.0776 e. The Morgan fingerprint density at radius 1 is 0.0833 bits per heavy atom. The zero-order chi connectivity index (χ0) is 24.0. The number of hydrogen-bond donors (Lipinski definition) is 0. The minimum absolute atomic E-state index is 0. The van der Waals surface area contributed by atoms with E-state index >= 15 is 0 Å². The molecule has 0 aliphatic carbocycles. The minimum Gasteiger partial charge on any atom is -0.0776 e. The molecule has 0 aromatic rings. The second-order valence-electron chi connectivity index (χ2n) is 0. The van der Waals surface area contributed by atoms with Gasteiger partial charge in [0.15, 0.2) is 0 Å². The summed E-state index contributed by atoms with van der Waals surface area (Å²) in [5.74, 6) is 0. The molecule has 0 saturated heterocycles. The Kier molecular flexibility index (Phi) is 0. The van der Waals surface area contributed by atoms with Crippen LogP contribution in [0.15, 0.2) is 0 Å². The van der Waals surface area contributed by atoms with E-state index < -0.39 is 0 Å². The summed E-state index contributed by atoms with van der Waals surface area (Å²) in [7, 11) is 0. The van der Waals surface area contributed by atoms with Crippen molar-refractivity contribution in [3.8, 4) is 0 Å². The maximum absolute atomic E-state index is 2.00. The second kappa shape index (κ2) is 0. The van der Waals surface area contributed by atoms with Crippen molar-refractivity contribution >= 4 is 0 Å². The summed E-state index contributed by atoms with van der Waals surface area (Å²) in [6, 6.07) is 0. The molecule has 0 nitrogen and oxygen atoms in total. The molecule has 0 unspecified atom stereocenters. The topological polar surface area (TPSA) is 0 Å². The summed E-state index contributed by atoms with van der Waals surface area (Å²) in [5, 5.41) is 0. The van der Waals surface area contributed by atoms with Crippen molar-refractivity contribution in [1.82, 2.24) is 0 Å². The summed E-state index contributed by atoms with van der Waals surface area (Å²) in [6.45, 7) is 48.0. The van der Waals surface area contributed by atoms with Gasteiger partial charge in [-0.05, 0) is 0 Å². The summed E-state index contributed by atoms with van der Waals surface area (Å²) in [4.78, 5) is 0. The lowest BCUT2D eigenvalue weighted by Gasteiger charge is -1.07. The third-order valence-corrected chi connectivity index (χ3v) is 0. The molecule has 0 amide bonds. The molecule has 0 aliphatic heterocycles. The monoisotopic (exact) mass is 553 g/mol. The molecule has 0 aromatic carbocycles. The third-order valence-electron chi connectivity index (χ3n) is 0. The van der Waals surface area contributed by atoms with E-state index in [4.69, 9.17) is 0 Å². The lowest BCUT2D eigenvalue weighted by Crippen LogP contribution is -0.856. The van der Waals surface area contributed by atoms with Crippen LogP contribution in [-0.2, 0) is 0 Å². The Hall–Kier alpha value is 0. The Morgan fingerprint density at radius 2 is 0.0833 bits per heavy atom. The van der Waals surface area contributed by atoms with Gasteiger partial charge in [0.1, 0.15) is 0 Å². The van der Waals surface area contributed by atoms with Gasteiger partial charge in [-0.25, -0.2) is 0 Å². The highest BCUT2D eigenvalue weighted by Gasteiger charge is 0.954. The van der Waals surface area contributed by atoms with Gasteiger partial charge in [0.05, 0.1) is 0 Å². The van der Waals surface area contributed by atoms with Gasteiger partial charge in [-0.2, -0.15) is 0 Å².